The van der Waals surface area contributed by atoms with Crippen molar-refractivity contribution in [3.63, 3.8) is 0 Å². The summed E-state index contributed by atoms with van der Waals surface area (Å²) in [5.74, 6) is 1.55. The number of sulfonamides is 1. The van der Waals surface area contributed by atoms with Crippen LogP contribution in [0.2, 0.25) is 0 Å². The number of nitrogens with zero attached hydrogens (tertiary/aromatic N) is 4. The van der Waals surface area contributed by atoms with Crippen molar-refractivity contribution in [2.24, 2.45) is 0 Å². The number of hydrogen-bond acceptors (Lipinski definition) is 5. The Hall–Kier alpha value is -3.07. The summed E-state index contributed by atoms with van der Waals surface area (Å²) in [5.41, 5.74) is 1.29. The van der Waals surface area contributed by atoms with Gasteiger partial charge in [-0.1, -0.05) is 54.6 Å². The first kappa shape index (κ1) is 20.8. The zero-order chi connectivity index (χ0) is 22.0. The lowest BCUT2D eigenvalue weighted by Gasteiger charge is -2.20. The van der Waals surface area contributed by atoms with Gasteiger partial charge in [0.05, 0.1) is 11.4 Å². The Balaban J connectivity index is 1.25. The molecule has 0 amide bonds. The number of rotatable bonds is 6. The lowest BCUT2D eigenvalue weighted by molar-refractivity contribution is 0.270. The highest BCUT2D eigenvalue weighted by Crippen LogP contribution is 2.18. The first-order chi connectivity index (χ1) is 15.6. The second kappa shape index (κ2) is 8.82. The molecule has 0 saturated heterocycles. The first-order valence-electron chi connectivity index (χ1n) is 10.7. The molecule has 1 aliphatic rings. The Kier molecular flexibility index (Phi) is 5.73. The standard InChI is InChI=1S/C24H25N5O2S/c30-32(31,22-8-2-1-3-9-22)25-17-24-27-26-23-12-13-28(14-15-29(23)24)18-19-10-11-20-6-4-5-7-21(20)16-19/h1-11,16,25H,12-15,17-18H2. The summed E-state index contributed by atoms with van der Waals surface area (Å²) in [7, 11) is -3.58. The van der Waals surface area contributed by atoms with Crippen molar-refractivity contribution in [2.45, 2.75) is 31.0 Å². The summed E-state index contributed by atoms with van der Waals surface area (Å²) in [4.78, 5) is 2.66. The van der Waals surface area contributed by atoms with E-state index in [1.54, 1.807) is 30.3 Å². The molecule has 1 N–H and O–H groups in total. The molecule has 164 valence electrons. The molecular formula is C24H25N5O2S. The predicted molar refractivity (Wildman–Crippen MR) is 123 cm³/mol. The lowest BCUT2D eigenvalue weighted by atomic mass is 10.1. The fourth-order valence-electron chi connectivity index (χ4n) is 4.15. The van der Waals surface area contributed by atoms with Crippen molar-refractivity contribution >= 4 is 20.8 Å². The van der Waals surface area contributed by atoms with Crippen LogP contribution in [0.15, 0.2) is 77.7 Å². The minimum Gasteiger partial charge on any atom is -0.313 e. The fraction of sp³-hybridized carbons (Fsp3) is 0.250. The van der Waals surface area contributed by atoms with Crippen LogP contribution in [0.3, 0.4) is 0 Å². The van der Waals surface area contributed by atoms with E-state index in [4.69, 9.17) is 0 Å². The van der Waals surface area contributed by atoms with E-state index in [1.165, 1.54) is 16.3 Å². The number of hydrogen-bond donors (Lipinski definition) is 1. The van der Waals surface area contributed by atoms with E-state index >= 15 is 0 Å². The molecule has 3 aromatic carbocycles. The average molecular weight is 448 g/mol. The van der Waals surface area contributed by atoms with Crippen LogP contribution in [0, 0.1) is 0 Å². The summed E-state index contributed by atoms with van der Waals surface area (Å²) in [5, 5.41) is 11.1. The maximum Gasteiger partial charge on any atom is 0.240 e. The number of fused-ring (bicyclic) bond motifs is 2. The largest absolute Gasteiger partial charge is 0.313 e. The third-order valence-electron chi connectivity index (χ3n) is 5.89. The Morgan fingerprint density at radius 3 is 2.47 bits per heavy atom. The molecule has 0 radical (unpaired) electrons. The molecule has 1 aliphatic heterocycles. The maximum absolute atomic E-state index is 12.5. The van der Waals surface area contributed by atoms with Crippen molar-refractivity contribution in [3.05, 3.63) is 90.0 Å². The van der Waals surface area contributed by atoms with Crippen molar-refractivity contribution in [1.82, 2.24) is 24.4 Å². The van der Waals surface area contributed by atoms with E-state index < -0.39 is 10.0 Å². The smallest absolute Gasteiger partial charge is 0.240 e. The minimum atomic E-state index is -3.58. The minimum absolute atomic E-state index is 0.120. The lowest BCUT2D eigenvalue weighted by Crippen LogP contribution is -2.28. The van der Waals surface area contributed by atoms with E-state index in [0.29, 0.717) is 5.82 Å². The third-order valence-corrected chi connectivity index (χ3v) is 7.31. The zero-order valence-electron chi connectivity index (χ0n) is 17.7. The predicted octanol–water partition coefficient (Wildman–Crippen LogP) is 2.97. The number of aromatic nitrogens is 3. The molecule has 0 fully saturated rings. The summed E-state index contributed by atoms with van der Waals surface area (Å²) in [6.07, 6.45) is 0.784. The second-order valence-electron chi connectivity index (χ2n) is 8.03. The van der Waals surface area contributed by atoms with Crippen molar-refractivity contribution in [3.8, 4) is 0 Å². The van der Waals surface area contributed by atoms with Crippen molar-refractivity contribution in [1.29, 1.82) is 0 Å². The van der Waals surface area contributed by atoms with Gasteiger partial charge in [-0.2, -0.15) is 0 Å². The van der Waals surface area contributed by atoms with Gasteiger partial charge in [0.1, 0.15) is 11.6 Å². The maximum atomic E-state index is 12.5. The van der Waals surface area contributed by atoms with Crippen molar-refractivity contribution < 1.29 is 8.42 Å². The molecule has 0 spiro atoms. The van der Waals surface area contributed by atoms with Gasteiger partial charge in [-0.15, -0.1) is 10.2 Å². The molecule has 2 heterocycles. The summed E-state index contributed by atoms with van der Waals surface area (Å²) in [6, 6.07) is 23.4. The van der Waals surface area contributed by atoms with Crippen LogP contribution in [0.1, 0.15) is 17.2 Å². The monoisotopic (exact) mass is 447 g/mol. The molecule has 5 rings (SSSR count). The van der Waals surface area contributed by atoms with Crippen LogP contribution >= 0.6 is 0 Å². The van der Waals surface area contributed by atoms with E-state index in [-0.39, 0.29) is 11.4 Å². The van der Waals surface area contributed by atoms with Crippen molar-refractivity contribution in [2.75, 3.05) is 13.1 Å². The normalized spacial score (nSPS) is 14.9. The molecule has 8 heteroatoms. The first-order valence-corrected chi connectivity index (χ1v) is 12.2. The van der Waals surface area contributed by atoms with Crippen LogP contribution in [-0.2, 0) is 36.1 Å². The third kappa shape index (κ3) is 4.43. The van der Waals surface area contributed by atoms with Gasteiger partial charge >= 0.3 is 0 Å². The van der Waals surface area contributed by atoms with E-state index in [1.807, 2.05) is 4.57 Å². The van der Waals surface area contributed by atoms with Crippen LogP contribution in [0.5, 0.6) is 0 Å². The van der Waals surface area contributed by atoms with Gasteiger partial charge in [-0.05, 0) is 34.5 Å². The van der Waals surface area contributed by atoms with Gasteiger partial charge in [0, 0.05) is 32.6 Å². The van der Waals surface area contributed by atoms with Gasteiger partial charge in [-0.3, -0.25) is 4.90 Å². The van der Waals surface area contributed by atoms with Gasteiger partial charge in [0.25, 0.3) is 0 Å². The highest BCUT2D eigenvalue weighted by atomic mass is 32.2. The molecule has 7 nitrogen and oxygen atoms in total. The Labute approximate surface area is 187 Å². The van der Waals surface area contributed by atoms with Crippen LogP contribution in [-0.4, -0.2) is 41.2 Å². The second-order valence-corrected chi connectivity index (χ2v) is 9.80. The molecule has 0 saturated carbocycles. The zero-order valence-corrected chi connectivity index (χ0v) is 18.5. The van der Waals surface area contributed by atoms with Gasteiger partial charge in [-0.25, -0.2) is 13.1 Å². The van der Waals surface area contributed by atoms with Gasteiger partial charge < -0.3 is 4.57 Å². The fourth-order valence-corrected chi connectivity index (χ4v) is 5.15. The molecule has 4 aromatic rings. The molecule has 32 heavy (non-hydrogen) atoms. The highest BCUT2D eigenvalue weighted by Gasteiger charge is 2.21. The van der Waals surface area contributed by atoms with Crippen LogP contribution in [0.25, 0.3) is 10.8 Å². The SMILES string of the molecule is O=S(=O)(NCc1nnc2n1CCN(Cc1ccc3ccccc3c1)CC2)c1ccccc1. The molecule has 0 unspecified atom stereocenters. The topological polar surface area (TPSA) is 80.1 Å². The Bertz CT molecular complexity index is 1340. The van der Waals surface area contributed by atoms with Crippen LogP contribution < -0.4 is 4.72 Å². The number of benzene rings is 3. The number of nitrogens with one attached hydrogen (secondary N) is 1. The molecule has 0 bridgehead atoms. The van der Waals surface area contributed by atoms with E-state index in [0.717, 1.165) is 38.4 Å². The average Bonchev–Trinajstić information content (AvgIpc) is 3.10. The molecule has 1 aromatic heterocycles. The van der Waals surface area contributed by atoms with E-state index in [2.05, 4.69) is 62.3 Å². The summed E-state index contributed by atoms with van der Waals surface area (Å²) < 4.78 is 29.8. The van der Waals surface area contributed by atoms with Gasteiger partial charge in [0.2, 0.25) is 10.0 Å². The van der Waals surface area contributed by atoms with Gasteiger partial charge in [0.15, 0.2) is 0 Å². The summed E-state index contributed by atoms with van der Waals surface area (Å²) >= 11 is 0. The Morgan fingerprint density at radius 2 is 1.62 bits per heavy atom. The Morgan fingerprint density at radius 1 is 0.844 bits per heavy atom. The quantitative estimate of drug-likeness (QED) is 0.492. The molecular weight excluding hydrogens is 422 g/mol. The summed E-state index contributed by atoms with van der Waals surface area (Å²) in [6.45, 7) is 3.48. The van der Waals surface area contributed by atoms with Crippen LogP contribution in [0.4, 0.5) is 0 Å². The molecule has 0 aliphatic carbocycles. The highest BCUT2D eigenvalue weighted by molar-refractivity contribution is 7.89. The molecule has 0 atom stereocenters. The van der Waals surface area contributed by atoms with E-state index in [9.17, 15) is 8.42 Å².